The second kappa shape index (κ2) is 14.3. The minimum atomic E-state index is -2.85. The van der Waals surface area contributed by atoms with Crippen molar-refractivity contribution in [3.8, 4) is 5.75 Å². The van der Waals surface area contributed by atoms with E-state index in [1.165, 1.54) is 49.3 Å². The molecule has 1 amide bonds. The molecule has 6 fully saturated rings. The minimum Gasteiger partial charge on any atom is -0.507 e. The van der Waals surface area contributed by atoms with Crippen LogP contribution in [0.5, 0.6) is 5.75 Å². The Hall–Kier alpha value is -3.07. The first-order valence-corrected chi connectivity index (χ1v) is 21.3. The summed E-state index contributed by atoms with van der Waals surface area (Å²) in [5.41, 5.74) is -4.41. The van der Waals surface area contributed by atoms with Crippen LogP contribution in [0.25, 0.3) is 0 Å². The number of carbonyl (C=O) groups is 5. The number of hydrogen-bond donors (Lipinski definition) is 6. The molecule has 8 rings (SSSR count). The number of rotatable bonds is 8. The summed E-state index contributed by atoms with van der Waals surface area (Å²) in [6.07, 6.45) is 9.78. The Morgan fingerprint density at radius 3 is 2.33 bits per heavy atom. The maximum atomic E-state index is 14.3. The van der Waals surface area contributed by atoms with Gasteiger partial charge in [-0.05, 0) is 131 Å². The SMILES string of the molecule is CN(C)C1C(=O)C(C(=O)NCNCCOC2CCC3(C)C(CCC4C5CCC(O)C5(C)CCC43)C2)C(=O)C2(O)C(=O)C3C(=O)c4c(O)cccc4C(C)(O)C3CC12. The van der Waals surface area contributed by atoms with Gasteiger partial charge in [-0.25, -0.2) is 0 Å². The molecule has 13 nitrogen and oxygen atoms in total. The van der Waals surface area contributed by atoms with Crippen LogP contribution in [0, 0.1) is 58.2 Å². The molecule has 0 aliphatic heterocycles. The number of benzene rings is 1. The molecular weight excluding hydrogens is 730 g/mol. The number of nitrogens with one attached hydrogen (secondary N) is 2. The van der Waals surface area contributed by atoms with Crippen molar-refractivity contribution in [3.63, 3.8) is 0 Å². The van der Waals surface area contributed by atoms with E-state index in [2.05, 4.69) is 24.5 Å². The summed E-state index contributed by atoms with van der Waals surface area (Å²) in [5, 5.41) is 50.9. The van der Waals surface area contributed by atoms with Crippen molar-refractivity contribution >= 4 is 29.0 Å². The fraction of sp³-hybridized carbons (Fsp3) is 0.750. The van der Waals surface area contributed by atoms with Crippen molar-refractivity contribution in [1.29, 1.82) is 0 Å². The van der Waals surface area contributed by atoms with Gasteiger partial charge >= 0.3 is 0 Å². The number of aromatic hydroxyl groups is 1. The molecule has 1 aromatic rings. The van der Waals surface area contributed by atoms with Crippen LogP contribution < -0.4 is 10.6 Å². The third-order valence-corrected chi connectivity index (χ3v) is 16.9. The van der Waals surface area contributed by atoms with E-state index in [0.717, 1.165) is 38.5 Å². The van der Waals surface area contributed by atoms with Gasteiger partial charge in [0.2, 0.25) is 5.91 Å². The van der Waals surface area contributed by atoms with Crippen LogP contribution in [-0.4, -0.2) is 112 Å². The monoisotopic (exact) mass is 791 g/mol. The normalized spacial score (nSPS) is 45.0. The van der Waals surface area contributed by atoms with Gasteiger partial charge < -0.3 is 30.5 Å². The summed E-state index contributed by atoms with van der Waals surface area (Å²) in [4.78, 5) is 71.2. The highest BCUT2D eigenvalue weighted by molar-refractivity contribution is 6.32. The van der Waals surface area contributed by atoms with Gasteiger partial charge in [-0.3, -0.25) is 34.2 Å². The van der Waals surface area contributed by atoms with E-state index in [9.17, 15) is 44.4 Å². The van der Waals surface area contributed by atoms with E-state index in [0.29, 0.717) is 42.2 Å². The number of likely N-dealkylation sites (N-methyl/N-ethyl adjacent to an activating group) is 1. The van der Waals surface area contributed by atoms with Gasteiger partial charge in [0, 0.05) is 18.4 Å². The predicted molar refractivity (Wildman–Crippen MR) is 207 cm³/mol. The predicted octanol–water partition coefficient (Wildman–Crippen LogP) is 2.50. The molecule has 7 aliphatic rings. The molecule has 0 bridgehead atoms. The molecule has 7 aliphatic carbocycles. The van der Waals surface area contributed by atoms with Crippen molar-refractivity contribution in [3.05, 3.63) is 29.3 Å². The Morgan fingerprint density at radius 2 is 1.60 bits per heavy atom. The molecule has 312 valence electrons. The van der Waals surface area contributed by atoms with Gasteiger partial charge in [0.1, 0.15) is 5.75 Å². The van der Waals surface area contributed by atoms with Crippen molar-refractivity contribution in [2.75, 3.05) is 33.9 Å². The summed E-state index contributed by atoms with van der Waals surface area (Å²) in [6.45, 7) is 6.98. The molecule has 1 aromatic carbocycles. The molecule has 0 radical (unpaired) electrons. The van der Waals surface area contributed by atoms with Crippen LogP contribution >= 0.6 is 0 Å². The zero-order valence-corrected chi connectivity index (χ0v) is 34.0. The Balaban J connectivity index is 0.868. The molecule has 0 spiro atoms. The number of ether oxygens (including phenoxy) is 1. The number of ketones is 4. The van der Waals surface area contributed by atoms with Crippen molar-refractivity contribution < 1.29 is 49.1 Å². The zero-order chi connectivity index (χ0) is 41.0. The molecular formula is C44H61N3O10. The van der Waals surface area contributed by atoms with E-state index in [1.807, 2.05) is 0 Å². The number of aliphatic hydroxyl groups is 3. The van der Waals surface area contributed by atoms with Crippen LogP contribution in [-0.2, 0) is 29.5 Å². The standard InChI is InChI=1S/C44H61N3O10/c1-41-15-13-23(19-22(41)9-10-24-25-11-12-31(49)42(25,2)16-14-26(24)41)57-18-17-45-21-46-40(54)34-37(51)35(47(4)5)29-20-28-33(38(52)44(29,56)39(34)53)36(50)32-27(43(28,3)55)7-6-8-30(32)48/h6-8,22-26,28-29,31,33-35,45,48-49,55-56H,9-21H2,1-5H3,(H,46,54). The van der Waals surface area contributed by atoms with Crippen LogP contribution in [0.4, 0.5) is 0 Å². The Bertz CT molecular complexity index is 1850. The first kappa shape index (κ1) is 40.7. The van der Waals surface area contributed by atoms with E-state index < -0.39 is 75.7 Å². The average Bonchev–Trinajstić information content (AvgIpc) is 3.47. The number of phenols is 1. The number of phenolic OH excluding ortho intramolecular Hbond substituents is 1. The summed E-state index contributed by atoms with van der Waals surface area (Å²) in [6, 6.07) is 2.98. The van der Waals surface area contributed by atoms with Crippen LogP contribution in [0.15, 0.2) is 18.2 Å². The van der Waals surface area contributed by atoms with E-state index in [4.69, 9.17) is 4.74 Å². The first-order valence-electron chi connectivity index (χ1n) is 21.3. The largest absolute Gasteiger partial charge is 0.507 e. The smallest absolute Gasteiger partial charge is 0.239 e. The third kappa shape index (κ3) is 5.95. The van der Waals surface area contributed by atoms with Crippen molar-refractivity contribution in [2.24, 2.45) is 58.2 Å². The second-order valence-corrected chi connectivity index (χ2v) is 19.7. The molecule has 57 heavy (non-hydrogen) atoms. The van der Waals surface area contributed by atoms with E-state index >= 15 is 0 Å². The number of carbonyl (C=O) groups excluding carboxylic acids is 5. The molecule has 6 N–H and O–H groups in total. The number of fused-ring (bicyclic) bond motifs is 8. The fourth-order valence-corrected chi connectivity index (χ4v) is 13.8. The second-order valence-electron chi connectivity index (χ2n) is 19.7. The number of nitrogens with zero attached hydrogens (tertiary/aromatic N) is 1. The molecule has 0 aromatic heterocycles. The van der Waals surface area contributed by atoms with Crippen molar-refractivity contribution in [1.82, 2.24) is 15.5 Å². The number of amides is 1. The summed E-state index contributed by atoms with van der Waals surface area (Å²) in [7, 11) is 3.10. The van der Waals surface area contributed by atoms with Crippen LogP contribution in [0.1, 0.15) is 101 Å². The minimum absolute atomic E-state index is 0.0799. The van der Waals surface area contributed by atoms with Crippen LogP contribution in [0.3, 0.4) is 0 Å². The Kier molecular flexibility index (Phi) is 10.2. The van der Waals surface area contributed by atoms with Crippen molar-refractivity contribution in [2.45, 2.75) is 114 Å². The third-order valence-electron chi connectivity index (χ3n) is 16.9. The lowest BCUT2D eigenvalue weighted by Crippen LogP contribution is -2.75. The summed E-state index contributed by atoms with van der Waals surface area (Å²) >= 11 is 0. The van der Waals surface area contributed by atoms with Gasteiger partial charge in [-0.15, -0.1) is 0 Å². The van der Waals surface area contributed by atoms with E-state index in [1.54, 1.807) is 14.1 Å². The van der Waals surface area contributed by atoms with Gasteiger partial charge in [0.15, 0.2) is 34.7 Å². The van der Waals surface area contributed by atoms with Crippen LogP contribution in [0.2, 0.25) is 0 Å². The molecule has 0 saturated heterocycles. The molecule has 13 heteroatoms. The Morgan fingerprint density at radius 1 is 0.877 bits per heavy atom. The first-order chi connectivity index (χ1) is 26.9. The highest BCUT2D eigenvalue weighted by Gasteiger charge is 2.71. The maximum absolute atomic E-state index is 14.3. The summed E-state index contributed by atoms with van der Waals surface area (Å²) < 4.78 is 6.34. The maximum Gasteiger partial charge on any atom is 0.239 e. The highest BCUT2D eigenvalue weighted by Crippen LogP contribution is 2.66. The highest BCUT2D eigenvalue weighted by atomic mass is 16.5. The van der Waals surface area contributed by atoms with Gasteiger partial charge in [-0.2, -0.15) is 0 Å². The average molecular weight is 792 g/mol. The lowest BCUT2D eigenvalue weighted by molar-refractivity contribution is -0.188. The number of aliphatic hydroxyl groups excluding tert-OH is 1. The molecule has 0 heterocycles. The quantitative estimate of drug-likeness (QED) is 0.128. The lowest BCUT2D eigenvalue weighted by atomic mass is 9.45. The summed E-state index contributed by atoms with van der Waals surface area (Å²) in [5.74, 6) is -8.89. The van der Waals surface area contributed by atoms with Gasteiger partial charge in [0.05, 0.1) is 48.6 Å². The topological polar surface area (TPSA) is 203 Å². The van der Waals surface area contributed by atoms with E-state index in [-0.39, 0.29) is 41.8 Å². The fourth-order valence-electron chi connectivity index (χ4n) is 13.8. The van der Waals surface area contributed by atoms with Gasteiger partial charge in [-0.1, -0.05) is 26.0 Å². The number of hydrogen-bond acceptors (Lipinski definition) is 12. The molecule has 15 unspecified atom stereocenters. The number of Topliss-reactive ketones (excluding diaryl/α,β-unsaturated/α-hetero) is 4. The molecule has 15 atom stereocenters. The zero-order valence-electron chi connectivity index (χ0n) is 34.0. The van der Waals surface area contributed by atoms with Gasteiger partial charge in [0.25, 0.3) is 0 Å². The molecule has 6 saturated carbocycles. The lowest BCUT2D eigenvalue weighted by Gasteiger charge is -2.60. The Labute approximate surface area is 334 Å².